The topological polar surface area (TPSA) is 84.5 Å². The van der Waals surface area contributed by atoms with Crippen molar-refractivity contribution in [2.24, 2.45) is 0 Å². The van der Waals surface area contributed by atoms with Crippen molar-refractivity contribution in [3.63, 3.8) is 0 Å². The van der Waals surface area contributed by atoms with E-state index in [9.17, 15) is 13.2 Å². The van der Waals surface area contributed by atoms with Crippen molar-refractivity contribution in [1.29, 1.82) is 0 Å². The van der Waals surface area contributed by atoms with E-state index in [1.807, 2.05) is 68.4 Å². The Morgan fingerprint density at radius 1 is 1.06 bits per heavy atom. The number of hydrogen-bond acceptors (Lipinski definition) is 4. The molecule has 1 amide bonds. The van der Waals surface area contributed by atoms with Crippen molar-refractivity contribution in [1.82, 2.24) is 10.0 Å². The van der Waals surface area contributed by atoms with Crippen LogP contribution in [0.5, 0.6) is 5.75 Å². The molecule has 3 aromatic carbocycles. The zero-order valence-corrected chi connectivity index (χ0v) is 22.0. The molecule has 0 spiro atoms. The van der Waals surface area contributed by atoms with E-state index < -0.39 is 22.0 Å². The predicted molar refractivity (Wildman–Crippen MR) is 138 cm³/mol. The lowest BCUT2D eigenvalue weighted by Gasteiger charge is -2.22. The van der Waals surface area contributed by atoms with Gasteiger partial charge in [0.05, 0.1) is 22.6 Å². The largest absolute Gasteiger partial charge is 0.492 e. The van der Waals surface area contributed by atoms with Gasteiger partial charge in [0.2, 0.25) is 15.9 Å². The molecule has 0 saturated carbocycles. The maximum Gasteiger partial charge on any atom is 0.241 e. The van der Waals surface area contributed by atoms with Crippen LogP contribution in [0.2, 0.25) is 5.02 Å². The number of amides is 1. The summed E-state index contributed by atoms with van der Waals surface area (Å²) in [5, 5.41) is 3.10. The first-order chi connectivity index (χ1) is 16.2. The van der Waals surface area contributed by atoms with Crippen molar-refractivity contribution in [2.45, 2.75) is 37.2 Å². The molecule has 0 saturated heterocycles. The van der Waals surface area contributed by atoms with Gasteiger partial charge in [-0.25, -0.2) is 8.42 Å². The Hall–Kier alpha value is -2.39. The summed E-state index contributed by atoms with van der Waals surface area (Å²) in [6.45, 7) is 4.06. The van der Waals surface area contributed by atoms with Crippen LogP contribution in [0.15, 0.2) is 82.2 Å². The van der Waals surface area contributed by atoms with E-state index in [-0.39, 0.29) is 22.4 Å². The third-order valence-corrected chi connectivity index (χ3v) is 7.38. The molecule has 0 bridgehead atoms. The predicted octanol–water partition coefficient (Wildman–Crippen LogP) is 5.27. The summed E-state index contributed by atoms with van der Waals surface area (Å²) in [5.74, 6) is -0.0403. The number of carbonyl (C=O) groups excluding carboxylic acids is 1. The monoisotopic (exact) mass is 564 g/mol. The van der Waals surface area contributed by atoms with Gasteiger partial charge in [-0.1, -0.05) is 70.0 Å². The summed E-state index contributed by atoms with van der Waals surface area (Å²) >= 11 is 9.62. The summed E-state index contributed by atoms with van der Waals surface area (Å²) < 4.78 is 35.2. The molecule has 0 aliphatic rings. The average molecular weight is 566 g/mol. The van der Waals surface area contributed by atoms with Gasteiger partial charge in [0.1, 0.15) is 11.8 Å². The fourth-order valence-electron chi connectivity index (χ4n) is 3.39. The summed E-state index contributed by atoms with van der Waals surface area (Å²) in [6, 6.07) is 19.7. The standard InChI is InChI=1S/C25H26BrClN2O4S/c1-3-33-24-13-12-21(16-22(24)27)34(31,32)29-23(14-18-8-5-4-6-9-18)25(30)28-17(2)19-10-7-11-20(26)15-19/h4-13,15-17,23,29H,3,14H2,1-2H3,(H,28,30)/t17-,23+/m1/s1. The van der Waals surface area contributed by atoms with Crippen molar-refractivity contribution in [3.8, 4) is 5.75 Å². The highest BCUT2D eigenvalue weighted by molar-refractivity contribution is 9.10. The Morgan fingerprint density at radius 2 is 1.79 bits per heavy atom. The highest BCUT2D eigenvalue weighted by atomic mass is 79.9. The minimum absolute atomic E-state index is 0.0492. The van der Waals surface area contributed by atoms with Gasteiger partial charge in [0.15, 0.2) is 0 Å². The highest BCUT2D eigenvalue weighted by Gasteiger charge is 2.28. The van der Waals surface area contributed by atoms with E-state index in [0.717, 1.165) is 15.6 Å². The molecule has 34 heavy (non-hydrogen) atoms. The van der Waals surface area contributed by atoms with Crippen LogP contribution in [0.4, 0.5) is 0 Å². The van der Waals surface area contributed by atoms with Gasteiger partial charge < -0.3 is 10.1 Å². The lowest BCUT2D eigenvalue weighted by Crippen LogP contribution is -2.48. The molecule has 0 heterocycles. The summed E-state index contributed by atoms with van der Waals surface area (Å²) in [6.07, 6.45) is 0.182. The van der Waals surface area contributed by atoms with Crippen LogP contribution in [-0.2, 0) is 21.2 Å². The minimum atomic E-state index is -4.04. The number of ether oxygens (including phenoxy) is 1. The van der Waals surface area contributed by atoms with Crippen molar-refractivity contribution >= 4 is 43.5 Å². The molecule has 0 aliphatic carbocycles. The smallest absolute Gasteiger partial charge is 0.241 e. The fraction of sp³-hybridized carbons (Fsp3) is 0.240. The maximum atomic E-state index is 13.2. The van der Waals surface area contributed by atoms with Crippen LogP contribution in [-0.4, -0.2) is 27.0 Å². The molecule has 0 aromatic heterocycles. The van der Waals surface area contributed by atoms with Crippen LogP contribution < -0.4 is 14.8 Å². The number of nitrogens with one attached hydrogen (secondary N) is 2. The second-order valence-electron chi connectivity index (χ2n) is 7.67. The molecule has 0 unspecified atom stereocenters. The number of benzene rings is 3. The molecule has 2 N–H and O–H groups in total. The number of halogens is 2. The fourth-order valence-corrected chi connectivity index (χ4v) is 5.33. The molecule has 0 aliphatic heterocycles. The second-order valence-corrected chi connectivity index (χ2v) is 10.7. The van der Waals surface area contributed by atoms with Crippen LogP contribution in [0, 0.1) is 0 Å². The van der Waals surface area contributed by atoms with E-state index >= 15 is 0 Å². The Bertz CT molecular complexity index is 1240. The number of hydrogen-bond donors (Lipinski definition) is 2. The Labute approximate surface area is 213 Å². The molecule has 180 valence electrons. The zero-order chi connectivity index (χ0) is 24.7. The van der Waals surface area contributed by atoms with Gasteiger partial charge in [0.25, 0.3) is 0 Å². The molecule has 3 aromatic rings. The van der Waals surface area contributed by atoms with Crippen LogP contribution >= 0.6 is 27.5 Å². The molecule has 6 nitrogen and oxygen atoms in total. The first-order valence-electron chi connectivity index (χ1n) is 10.7. The molecule has 9 heteroatoms. The van der Waals surface area contributed by atoms with Crippen molar-refractivity contribution in [3.05, 3.63) is 93.4 Å². The molecule has 0 radical (unpaired) electrons. The quantitative estimate of drug-likeness (QED) is 0.351. The number of carbonyl (C=O) groups is 1. The van der Waals surface area contributed by atoms with Gasteiger partial charge in [-0.15, -0.1) is 0 Å². The third kappa shape index (κ3) is 7.06. The highest BCUT2D eigenvalue weighted by Crippen LogP contribution is 2.27. The summed E-state index contributed by atoms with van der Waals surface area (Å²) in [7, 11) is -4.04. The molecule has 3 rings (SSSR count). The second kappa shape index (κ2) is 11.8. The first kappa shape index (κ1) is 26.2. The summed E-state index contributed by atoms with van der Waals surface area (Å²) in [5.41, 5.74) is 1.72. The van der Waals surface area contributed by atoms with Gasteiger partial charge in [-0.2, -0.15) is 4.72 Å². The Kier molecular flexibility index (Phi) is 9.13. The van der Waals surface area contributed by atoms with E-state index in [4.69, 9.17) is 16.3 Å². The Balaban J connectivity index is 1.85. The number of sulfonamides is 1. The third-order valence-electron chi connectivity index (χ3n) is 5.12. The SMILES string of the molecule is CCOc1ccc(S(=O)(=O)N[C@@H](Cc2ccccc2)C(=O)N[C@H](C)c2cccc(Br)c2)cc1Cl. The summed E-state index contributed by atoms with van der Waals surface area (Å²) in [4.78, 5) is 13.2. The zero-order valence-electron chi connectivity index (χ0n) is 18.8. The Morgan fingerprint density at radius 3 is 2.44 bits per heavy atom. The minimum Gasteiger partial charge on any atom is -0.492 e. The van der Waals surface area contributed by atoms with E-state index in [0.29, 0.717) is 12.4 Å². The van der Waals surface area contributed by atoms with Crippen LogP contribution in [0.25, 0.3) is 0 Å². The van der Waals surface area contributed by atoms with Crippen molar-refractivity contribution in [2.75, 3.05) is 6.61 Å². The maximum absolute atomic E-state index is 13.2. The number of rotatable bonds is 10. The average Bonchev–Trinajstić information content (AvgIpc) is 2.80. The van der Waals surface area contributed by atoms with Crippen LogP contribution in [0.3, 0.4) is 0 Å². The van der Waals surface area contributed by atoms with E-state index in [1.54, 1.807) is 0 Å². The van der Waals surface area contributed by atoms with Crippen LogP contribution in [0.1, 0.15) is 31.0 Å². The van der Waals surface area contributed by atoms with Gasteiger partial charge in [0, 0.05) is 4.47 Å². The lowest BCUT2D eigenvalue weighted by molar-refractivity contribution is -0.123. The first-order valence-corrected chi connectivity index (χ1v) is 13.4. The molecular formula is C25H26BrClN2O4S. The lowest BCUT2D eigenvalue weighted by atomic mass is 10.0. The van der Waals surface area contributed by atoms with Gasteiger partial charge in [-0.3, -0.25) is 4.79 Å². The molecular weight excluding hydrogens is 540 g/mol. The molecule has 0 fully saturated rings. The van der Waals surface area contributed by atoms with E-state index in [2.05, 4.69) is 26.0 Å². The van der Waals surface area contributed by atoms with E-state index in [1.165, 1.54) is 18.2 Å². The molecule has 2 atom stereocenters. The van der Waals surface area contributed by atoms with Gasteiger partial charge in [-0.05, 0) is 61.7 Å². The van der Waals surface area contributed by atoms with Crippen molar-refractivity contribution < 1.29 is 17.9 Å². The van der Waals surface area contributed by atoms with Gasteiger partial charge >= 0.3 is 0 Å². The normalized spacial score (nSPS) is 13.2.